The number of phenolic OH excluding ortho intramolecular Hbond substituents is 1. The Bertz CT molecular complexity index is 359. The van der Waals surface area contributed by atoms with E-state index in [-0.39, 0.29) is 11.8 Å². The number of methoxy groups -OCH3 is 1. The number of benzene rings is 1. The van der Waals surface area contributed by atoms with E-state index in [4.69, 9.17) is 10.5 Å². The van der Waals surface area contributed by atoms with Crippen LogP contribution in [0.1, 0.15) is 37.8 Å². The number of nitrogens with two attached hydrogens (primary N) is 1. The predicted molar refractivity (Wildman–Crippen MR) is 66.1 cm³/mol. The van der Waals surface area contributed by atoms with E-state index < -0.39 is 0 Å². The quantitative estimate of drug-likeness (QED) is 0.824. The van der Waals surface area contributed by atoms with Gasteiger partial charge in [0.15, 0.2) is 11.5 Å². The van der Waals surface area contributed by atoms with Gasteiger partial charge in [-0.3, -0.25) is 0 Å². The lowest BCUT2D eigenvalue weighted by Crippen LogP contribution is -2.18. The van der Waals surface area contributed by atoms with Crippen LogP contribution in [0.15, 0.2) is 12.1 Å². The summed E-state index contributed by atoms with van der Waals surface area (Å²) in [4.78, 5) is 0. The highest BCUT2D eigenvalue weighted by molar-refractivity contribution is 5.49. The zero-order valence-electron chi connectivity index (χ0n) is 10.4. The van der Waals surface area contributed by atoms with Crippen LogP contribution in [0, 0.1) is 0 Å². The van der Waals surface area contributed by atoms with Crippen LogP contribution in [0.5, 0.6) is 11.5 Å². The molecule has 0 aromatic heterocycles. The first kappa shape index (κ1) is 12.8. The molecule has 3 heteroatoms. The van der Waals surface area contributed by atoms with Gasteiger partial charge in [0.25, 0.3) is 0 Å². The summed E-state index contributed by atoms with van der Waals surface area (Å²) in [7, 11) is 1.56. The molecule has 0 saturated heterocycles. The summed E-state index contributed by atoms with van der Waals surface area (Å²) in [6.07, 6.45) is 0.706. The van der Waals surface area contributed by atoms with Crippen molar-refractivity contribution in [2.45, 2.75) is 39.2 Å². The van der Waals surface area contributed by atoms with Gasteiger partial charge >= 0.3 is 0 Å². The van der Waals surface area contributed by atoms with E-state index in [1.807, 2.05) is 6.92 Å². The number of rotatable bonds is 4. The van der Waals surface area contributed by atoms with Crippen LogP contribution >= 0.6 is 0 Å². The Morgan fingerprint density at radius 1 is 1.31 bits per heavy atom. The fraction of sp³-hybridized carbons (Fsp3) is 0.538. The van der Waals surface area contributed by atoms with Gasteiger partial charge in [-0.2, -0.15) is 0 Å². The fourth-order valence-corrected chi connectivity index (χ4v) is 1.76. The predicted octanol–water partition coefficient (Wildman–Crippen LogP) is 2.41. The van der Waals surface area contributed by atoms with Crippen LogP contribution in [0.25, 0.3) is 0 Å². The first-order valence-corrected chi connectivity index (χ1v) is 5.61. The first-order chi connectivity index (χ1) is 7.45. The topological polar surface area (TPSA) is 55.5 Å². The van der Waals surface area contributed by atoms with Crippen LogP contribution in [-0.2, 0) is 6.42 Å². The SMILES string of the molecule is COc1c(O)cc(C(C)C)cc1CC(C)N. The Hall–Kier alpha value is -1.22. The van der Waals surface area contributed by atoms with Crippen LogP contribution in [-0.4, -0.2) is 18.3 Å². The van der Waals surface area contributed by atoms with Gasteiger partial charge in [-0.25, -0.2) is 0 Å². The summed E-state index contributed by atoms with van der Waals surface area (Å²) in [5.41, 5.74) is 7.87. The van der Waals surface area contributed by atoms with Crippen molar-refractivity contribution in [3.8, 4) is 11.5 Å². The number of ether oxygens (including phenoxy) is 1. The Balaban J connectivity index is 3.19. The lowest BCUT2D eigenvalue weighted by molar-refractivity contribution is 0.367. The lowest BCUT2D eigenvalue weighted by Gasteiger charge is -2.15. The molecule has 1 atom stereocenters. The van der Waals surface area contributed by atoms with Crippen LogP contribution < -0.4 is 10.5 Å². The highest BCUT2D eigenvalue weighted by Crippen LogP contribution is 2.34. The molecule has 1 unspecified atom stereocenters. The van der Waals surface area contributed by atoms with Crippen LogP contribution in [0.4, 0.5) is 0 Å². The average molecular weight is 223 g/mol. The Kier molecular flexibility index (Phi) is 4.19. The number of phenols is 1. The molecule has 0 fully saturated rings. The summed E-state index contributed by atoms with van der Waals surface area (Å²) >= 11 is 0. The molecule has 3 nitrogen and oxygen atoms in total. The van der Waals surface area contributed by atoms with Gasteiger partial charge in [0.1, 0.15) is 0 Å². The van der Waals surface area contributed by atoms with Crippen molar-refractivity contribution in [1.29, 1.82) is 0 Å². The van der Waals surface area contributed by atoms with Gasteiger partial charge in [-0.1, -0.05) is 19.9 Å². The molecule has 0 heterocycles. The van der Waals surface area contributed by atoms with Crippen molar-refractivity contribution in [3.63, 3.8) is 0 Å². The first-order valence-electron chi connectivity index (χ1n) is 5.61. The Morgan fingerprint density at radius 3 is 2.38 bits per heavy atom. The summed E-state index contributed by atoms with van der Waals surface area (Å²) in [5, 5.41) is 9.87. The van der Waals surface area contributed by atoms with Crippen LogP contribution in [0.3, 0.4) is 0 Å². The summed E-state index contributed by atoms with van der Waals surface area (Å²) < 4.78 is 5.21. The molecule has 0 aliphatic rings. The van der Waals surface area contributed by atoms with E-state index in [0.717, 1.165) is 11.1 Å². The molecule has 0 amide bonds. The van der Waals surface area contributed by atoms with Gasteiger partial charge in [-0.15, -0.1) is 0 Å². The minimum Gasteiger partial charge on any atom is -0.504 e. The molecule has 90 valence electrons. The van der Waals surface area contributed by atoms with E-state index in [1.165, 1.54) is 0 Å². The zero-order valence-corrected chi connectivity index (χ0v) is 10.4. The third-order valence-corrected chi connectivity index (χ3v) is 2.58. The van der Waals surface area contributed by atoms with Gasteiger partial charge in [0, 0.05) is 6.04 Å². The molecule has 0 aliphatic carbocycles. The maximum Gasteiger partial charge on any atom is 0.163 e. The number of hydrogen-bond acceptors (Lipinski definition) is 3. The number of aromatic hydroxyl groups is 1. The monoisotopic (exact) mass is 223 g/mol. The smallest absolute Gasteiger partial charge is 0.163 e. The largest absolute Gasteiger partial charge is 0.504 e. The van der Waals surface area contributed by atoms with E-state index in [0.29, 0.717) is 18.1 Å². The molecule has 1 aromatic carbocycles. The molecule has 1 rings (SSSR count). The molecule has 0 bridgehead atoms. The van der Waals surface area contributed by atoms with E-state index >= 15 is 0 Å². The Labute approximate surface area is 97.2 Å². The van der Waals surface area contributed by atoms with Crippen molar-refractivity contribution in [2.75, 3.05) is 7.11 Å². The van der Waals surface area contributed by atoms with Crippen LogP contribution in [0.2, 0.25) is 0 Å². The third kappa shape index (κ3) is 2.89. The maximum atomic E-state index is 9.87. The normalized spacial score (nSPS) is 12.9. The molecular formula is C13H21NO2. The van der Waals surface area contributed by atoms with Gasteiger partial charge in [-0.05, 0) is 36.5 Å². The van der Waals surface area contributed by atoms with Gasteiger partial charge < -0.3 is 15.6 Å². The van der Waals surface area contributed by atoms with Crippen molar-refractivity contribution < 1.29 is 9.84 Å². The summed E-state index contributed by atoms with van der Waals surface area (Å²) in [6.45, 7) is 6.13. The standard InChI is InChI=1S/C13H21NO2/c1-8(2)10-6-11(5-9(3)14)13(16-4)12(15)7-10/h6-9,15H,5,14H2,1-4H3. The highest BCUT2D eigenvalue weighted by atomic mass is 16.5. The van der Waals surface area contributed by atoms with Crippen molar-refractivity contribution in [3.05, 3.63) is 23.3 Å². The molecule has 0 saturated carbocycles. The van der Waals surface area contributed by atoms with Gasteiger partial charge in [0.2, 0.25) is 0 Å². The highest BCUT2D eigenvalue weighted by Gasteiger charge is 2.13. The Morgan fingerprint density at radius 2 is 1.94 bits per heavy atom. The second kappa shape index (κ2) is 5.21. The minimum atomic E-state index is 0.0516. The summed E-state index contributed by atoms with van der Waals surface area (Å²) in [5.74, 6) is 1.12. The van der Waals surface area contributed by atoms with E-state index in [2.05, 4.69) is 19.9 Å². The second-order valence-electron chi connectivity index (χ2n) is 4.57. The average Bonchev–Trinajstić information content (AvgIpc) is 2.16. The molecule has 0 aliphatic heterocycles. The van der Waals surface area contributed by atoms with Crippen molar-refractivity contribution >= 4 is 0 Å². The molecule has 1 aromatic rings. The third-order valence-electron chi connectivity index (χ3n) is 2.58. The number of hydrogen-bond donors (Lipinski definition) is 2. The molecule has 16 heavy (non-hydrogen) atoms. The minimum absolute atomic E-state index is 0.0516. The van der Waals surface area contributed by atoms with E-state index in [9.17, 15) is 5.11 Å². The summed E-state index contributed by atoms with van der Waals surface area (Å²) in [6, 6.07) is 3.87. The maximum absolute atomic E-state index is 9.87. The second-order valence-corrected chi connectivity index (χ2v) is 4.57. The molecule has 0 radical (unpaired) electrons. The zero-order chi connectivity index (χ0) is 12.3. The van der Waals surface area contributed by atoms with E-state index in [1.54, 1.807) is 13.2 Å². The molecular weight excluding hydrogens is 202 g/mol. The van der Waals surface area contributed by atoms with Gasteiger partial charge in [0.05, 0.1) is 7.11 Å². The molecule has 0 spiro atoms. The lowest BCUT2D eigenvalue weighted by atomic mass is 9.97. The molecule has 3 N–H and O–H groups in total. The van der Waals surface area contributed by atoms with Crippen molar-refractivity contribution in [2.24, 2.45) is 5.73 Å². The van der Waals surface area contributed by atoms with Crippen molar-refractivity contribution in [1.82, 2.24) is 0 Å². The fourth-order valence-electron chi connectivity index (χ4n) is 1.76.